The number of carbonyl (C=O) groups excluding carboxylic acids is 1. The Labute approximate surface area is 117 Å². The van der Waals surface area contributed by atoms with E-state index in [1.54, 1.807) is 0 Å². The Balaban J connectivity index is 2.22. The molecule has 0 aliphatic carbocycles. The van der Waals surface area contributed by atoms with Crippen LogP contribution in [0.4, 0.5) is 8.78 Å². The Hall–Kier alpha value is -2.83. The van der Waals surface area contributed by atoms with E-state index >= 15 is 0 Å². The van der Waals surface area contributed by atoms with Gasteiger partial charge < -0.3 is 9.72 Å². The number of ether oxygens (including phenoxy) is 1. The summed E-state index contributed by atoms with van der Waals surface area (Å²) in [6, 6.07) is 5.22. The Morgan fingerprint density at radius 1 is 1.29 bits per heavy atom. The summed E-state index contributed by atoms with van der Waals surface area (Å²) < 4.78 is 31.7. The molecule has 0 bridgehead atoms. The molecule has 0 unspecified atom stereocenters. The molecule has 1 N–H and O–H groups in total. The van der Waals surface area contributed by atoms with Gasteiger partial charge in [-0.05, 0) is 18.2 Å². The summed E-state index contributed by atoms with van der Waals surface area (Å²) in [4.78, 5) is 22.5. The zero-order valence-electron chi connectivity index (χ0n) is 10.9. The molecule has 5 nitrogen and oxygen atoms in total. The monoisotopic (exact) mass is 289 g/mol. The highest BCUT2D eigenvalue weighted by Crippen LogP contribution is 2.25. The van der Waals surface area contributed by atoms with Crippen molar-refractivity contribution in [3.05, 3.63) is 47.7 Å². The van der Waals surface area contributed by atoms with E-state index in [9.17, 15) is 13.6 Å². The molecule has 21 heavy (non-hydrogen) atoms. The third kappa shape index (κ3) is 2.12. The lowest BCUT2D eigenvalue weighted by atomic mass is 10.2. The van der Waals surface area contributed by atoms with Crippen LogP contribution >= 0.6 is 0 Å². The number of esters is 1. The molecule has 0 spiro atoms. The largest absolute Gasteiger partial charge is 0.465 e. The van der Waals surface area contributed by atoms with Crippen LogP contribution in [-0.4, -0.2) is 28.0 Å². The lowest BCUT2D eigenvalue weighted by molar-refractivity contribution is 0.0602. The van der Waals surface area contributed by atoms with Crippen LogP contribution in [0.3, 0.4) is 0 Å². The highest BCUT2D eigenvalue weighted by molar-refractivity contribution is 6.01. The zero-order valence-corrected chi connectivity index (χ0v) is 10.9. The minimum Gasteiger partial charge on any atom is -0.465 e. The number of benzene rings is 1. The van der Waals surface area contributed by atoms with Gasteiger partial charge in [-0.2, -0.15) is 0 Å². The molecule has 2 aromatic heterocycles. The number of imidazole rings is 1. The number of nitrogens with zero attached hydrogens (tertiary/aromatic N) is 2. The number of halogens is 2. The number of aromatic nitrogens is 3. The van der Waals surface area contributed by atoms with E-state index in [-0.39, 0.29) is 22.6 Å². The van der Waals surface area contributed by atoms with Crippen LogP contribution in [0.25, 0.3) is 22.6 Å². The number of rotatable bonds is 2. The average Bonchev–Trinajstić information content (AvgIpc) is 2.92. The van der Waals surface area contributed by atoms with Gasteiger partial charge in [0, 0.05) is 6.20 Å². The maximum atomic E-state index is 13.8. The molecule has 0 aliphatic rings. The molecule has 106 valence electrons. The molecule has 0 saturated heterocycles. The summed E-state index contributed by atoms with van der Waals surface area (Å²) in [5.41, 5.74) is 0.710. The van der Waals surface area contributed by atoms with Crippen molar-refractivity contribution in [2.45, 2.75) is 0 Å². The first-order valence-corrected chi connectivity index (χ1v) is 5.99. The molecule has 7 heteroatoms. The number of H-pyrrole nitrogens is 1. The summed E-state index contributed by atoms with van der Waals surface area (Å²) >= 11 is 0. The van der Waals surface area contributed by atoms with Gasteiger partial charge in [-0.1, -0.05) is 6.07 Å². The van der Waals surface area contributed by atoms with Gasteiger partial charge in [0.2, 0.25) is 0 Å². The average molecular weight is 289 g/mol. The molecule has 2 heterocycles. The highest BCUT2D eigenvalue weighted by atomic mass is 19.2. The van der Waals surface area contributed by atoms with E-state index in [1.807, 2.05) is 0 Å². The number of methoxy groups -OCH3 is 1. The van der Waals surface area contributed by atoms with E-state index in [0.29, 0.717) is 5.52 Å². The van der Waals surface area contributed by atoms with Gasteiger partial charge in [0.1, 0.15) is 5.82 Å². The normalized spacial score (nSPS) is 10.8. The molecule has 0 fully saturated rings. The van der Waals surface area contributed by atoms with Gasteiger partial charge in [0.05, 0.1) is 23.8 Å². The molecule has 1 aromatic carbocycles. The Morgan fingerprint density at radius 3 is 2.86 bits per heavy atom. The standard InChI is InChI=1S/C14H9F2N3O2/c1-21-14(20)8-5-6-17-13-11(8)18-12(19-13)7-3-2-4-9(15)10(7)16/h2-6H,1H3,(H,17,18,19). The summed E-state index contributed by atoms with van der Waals surface area (Å²) in [5.74, 6) is -2.48. The number of fused-ring (bicyclic) bond motifs is 1. The van der Waals surface area contributed by atoms with Crippen molar-refractivity contribution in [1.29, 1.82) is 0 Å². The summed E-state index contributed by atoms with van der Waals surface area (Å²) in [6.45, 7) is 0. The molecule has 3 aromatic rings. The third-order valence-corrected chi connectivity index (χ3v) is 3.00. The molecule has 0 amide bonds. The van der Waals surface area contributed by atoms with Crippen molar-refractivity contribution in [3.8, 4) is 11.4 Å². The van der Waals surface area contributed by atoms with E-state index in [0.717, 1.165) is 6.07 Å². The van der Waals surface area contributed by atoms with Gasteiger partial charge in [0.25, 0.3) is 0 Å². The van der Waals surface area contributed by atoms with Crippen molar-refractivity contribution in [2.24, 2.45) is 0 Å². The minimum absolute atomic E-state index is 0.0381. The van der Waals surface area contributed by atoms with Crippen molar-refractivity contribution in [2.75, 3.05) is 7.11 Å². The topological polar surface area (TPSA) is 67.9 Å². The predicted molar refractivity (Wildman–Crippen MR) is 70.6 cm³/mol. The lowest BCUT2D eigenvalue weighted by Gasteiger charge is -2.00. The smallest absolute Gasteiger partial charge is 0.340 e. The first-order chi connectivity index (χ1) is 10.1. The Bertz CT molecular complexity index is 845. The molecular formula is C14H9F2N3O2. The van der Waals surface area contributed by atoms with Crippen molar-refractivity contribution >= 4 is 17.1 Å². The maximum Gasteiger partial charge on any atom is 0.340 e. The van der Waals surface area contributed by atoms with Gasteiger partial charge in [0.15, 0.2) is 17.3 Å². The summed E-state index contributed by atoms with van der Waals surface area (Å²) in [7, 11) is 1.25. The molecule has 0 atom stereocenters. The van der Waals surface area contributed by atoms with Gasteiger partial charge >= 0.3 is 5.97 Å². The van der Waals surface area contributed by atoms with Crippen LogP contribution < -0.4 is 0 Å². The van der Waals surface area contributed by atoms with Crippen molar-refractivity contribution in [1.82, 2.24) is 15.0 Å². The summed E-state index contributed by atoms with van der Waals surface area (Å²) in [5, 5.41) is 0. The van der Waals surface area contributed by atoms with Gasteiger partial charge in [-0.3, -0.25) is 0 Å². The molecule has 0 saturated carbocycles. The number of nitrogens with one attached hydrogen (secondary N) is 1. The summed E-state index contributed by atoms with van der Waals surface area (Å²) in [6.07, 6.45) is 1.39. The lowest BCUT2D eigenvalue weighted by Crippen LogP contribution is -2.02. The number of hydrogen-bond donors (Lipinski definition) is 1. The Kier molecular flexibility index (Phi) is 3.09. The van der Waals surface area contributed by atoms with Crippen molar-refractivity contribution in [3.63, 3.8) is 0 Å². The second-order valence-corrected chi connectivity index (χ2v) is 4.24. The second-order valence-electron chi connectivity index (χ2n) is 4.24. The van der Waals surface area contributed by atoms with Gasteiger partial charge in [-0.25, -0.2) is 23.5 Å². The number of hydrogen-bond acceptors (Lipinski definition) is 4. The number of carbonyl (C=O) groups is 1. The van der Waals surface area contributed by atoms with Crippen LogP contribution in [0.2, 0.25) is 0 Å². The molecule has 3 rings (SSSR count). The van der Waals surface area contributed by atoms with Crippen molar-refractivity contribution < 1.29 is 18.3 Å². The zero-order chi connectivity index (χ0) is 15.0. The maximum absolute atomic E-state index is 13.8. The first-order valence-electron chi connectivity index (χ1n) is 5.99. The SMILES string of the molecule is COC(=O)c1ccnc2nc(-c3cccc(F)c3F)[nH]c12. The fourth-order valence-electron chi connectivity index (χ4n) is 2.01. The fourth-order valence-corrected chi connectivity index (χ4v) is 2.01. The third-order valence-electron chi connectivity index (χ3n) is 3.00. The van der Waals surface area contributed by atoms with E-state index in [2.05, 4.69) is 19.7 Å². The van der Waals surface area contributed by atoms with Crippen LogP contribution in [0, 0.1) is 11.6 Å². The predicted octanol–water partition coefficient (Wildman–Crippen LogP) is 2.69. The first kappa shape index (κ1) is 13.2. The van der Waals surface area contributed by atoms with Gasteiger partial charge in [-0.15, -0.1) is 0 Å². The fraction of sp³-hybridized carbons (Fsp3) is 0.0714. The second kappa shape index (κ2) is 4.93. The van der Waals surface area contributed by atoms with E-state index in [1.165, 1.54) is 31.5 Å². The van der Waals surface area contributed by atoms with E-state index in [4.69, 9.17) is 0 Å². The van der Waals surface area contributed by atoms with Crippen LogP contribution in [-0.2, 0) is 4.74 Å². The van der Waals surface area contributed by atoms with Crippen LogP contribution in [0.1, 0.15) is 10.4 Å². The quantitative estimate of drug-likeness (QED) is 0.736. The number of pyridine rings is 1. The number of aromatic amines is 1. The van der Waals surface area contributed by atoms with E-state index < -0.39 is 17.6 Å². The molecular weight excluding hydrogens is 280 g/mol. The highest BCUT2D eigenvalue weighted by Gasteiger charge is 2.18. The Morgan fingerprint density at radius 2 is 2.10 bits per heavy atom. The van der Waals surface area contributed by atoms with Crippen LogP contribution in [0.15, 0.2) is 30.5 Å². The molecule has 0 aliphatic heterocycles. The molecule has 0 radical (unpaired) electrons. The minimum atomic E-state index is -1.02. The van der Waals surface area contributed by atoms with Crippen LogP contribution in [0.5, 0.6) is 0 Å².